The molecule has 4 atom stereocenters. The molecular weight excluding hydrogens is 372 g/mol. The molecule has 2 N–H and O–H groups in total. The largest absolute Gasteiger partial charge is 0.372 e. The summed E-state index contributed by atoms with van der Waals surface area (Å²) in [7, 11) is -3.01. The van der Waals surface area contributed by atoms with Crippen LogP contribution in [0.25, 0.3) is 10.8 Å². The minimum absolute atomic E-state index is 0.168. The van der Waals surface area contributed by atoms with Gasteiger partial charge in [-0.25, -0.2) is 8.42 Å². The molecule has 5 nitrogen and oxygen atoms in total. The van der Waals surface area contributed by atoms with E-state index in [0.717, 1.165) is 32.5 Å². The van der Waals surface area contributed by atoms with Crippen LogP contribution in [0.4, 0.5) is 0 Å². The number of nitrogens with one attached hydrogen (secondary N) is 2. The van der Waals surface area contributed by atoms with Gasteiger partial charge in [-0.15, -0.1) is 0 Å². The Bertz CT molecular complexity index is 907. The molecule has 2 aromatic rings. The van der Waals surface area contributed by atoms with Gasteiger partial charge in [-0.3, -0.25) is 0 Å². The maximum absolute atomic E-state index is 11.8. The third-order valence-electron chi connectivity index (χ3n) is 6.29. The van der Waals surface area contributed by atoms with Crippen molar-refractivity contribution in [1.82, 2.24) is 10.6 Å². The maximum atomic E-state index is 11.8. The Labute approximate surface area is 167 Å². The van der Waals surface area contributed by atoms with Gasteiger partial charge < -0.3 is 15.4 Å². The van der Waals surface area contributed by atoms with E-state index in [-0.39, 0.29) is 11.5 Å². The summed E-state index contributed by atoms with van der Waals surface area (Å²) >= 11 is 0. The zero-order valence-corrected chi connectivity index (χ0v) is 17.3. The average Bonchev–Trinajstić information content (AvgIpc) is 2.72. The molecule has 6 heteroatoms. The zero-order valence-electron chi connectivity index (χ0n) is 16.4. The molecule has 0 radical (unpaired) electrons. The van der Waals surface area contributed by atoms with Gasteiger partial charge >= 0.3 is 0 Å². The van der Waals surface area contributed by atoms with Crippen LogP contribution < -0.4 is 10.6 Å². The Hall–Kier alpha value is -1.47. The number of sulfone groups is 1. The van der Waals surface area contributed by atoms with E-state index in [1.165, 1.54) is 22.6 Å². The van der Waals surface area contributed by atoms with Gasteiger partial charge in [0, 0.05) is 12.8 Å². The topological polar surface area (TPSA) is 67.4 Å². The SMILES string of the molecule is CS(=O)(=O)C1CCC(C2CCNCC2OCc2ccc3ccccc3c2)CN1. The highest BCUT2D eigenvalue weighted by Gasteiger charge is 2.36. The van der Waals surface area contributed by atoms with E-state index in [1.807, 2.05) is 0 Å². The summed E-state index contributed by atoms with van der Waals surface area (Å²) in [4.78, 5) is 0. The fraction of sp³-hybridized carbons (Fsp3) is 0.545. The molecule has 0 amide bonds. The van der Waals surface area contributed by atoms with Crippen LogP contribution >= 0.6 is 0 Å². The van der Waals surface area contributed by atoms with Crippen LogP contribution in [0.15, 0.2) is 42.5 Å². The summed E-state index contributed by atoms with van der Waals surface area (Å²) in [5.74, 6) is 0.941. The fourth-order valence-electron chi connectivity index (χ4n) is 4.69. The standard InChI is InChI=1S/C22H30N2O3S/c1-28(25,26)22-9-8-19(13-24-22)20-10-11-23-14-21(20)27-15-16-6-7-17-4-2-3-5-18(17)12-16/h2-7,12,19-24H,8-11,13-15H2,1H3. The van der Waals surface area contributed by atoms with Crippen molar-refractivity contribution in [3.05, 3.63) is 48.0 Å². The molecule has 2 aliphatic heterocycles. The molecule has 0 spiro atoms. The van der Waals surface area contributed by atoms with Crippen molar-refractivity contribution in [3.63, 3.8) is 0 Å². The lowest BCUT2D eigenvalue weighted by atomic mass is 9.79. The molecule has 4 rings (SSSR count). The van der Waals surface area contributed by atoms with Gasteiger partial charge in [0.25, 0.3) is 0 Å². The minimum atomic E-state index is -3.01. The number of benzene rings is 2. The molecule has 0 aliphatic carbocycles. The number of piperidine rings is 2. The Morgan fingerprint density at radius 1 is 1.04 bits per heavy atom. The van der Waals surface area contributed by atoms with Gasteiger partial charge in [0.15, 0.2) is 9.84 Å². The maximum Gasteiger partial charge on any atom is 0.163 e. The summed E-state index contributed by atoms with van der Waals surface area (Å²) in [6.45, 7) is 3.24. The van der Waals surface area contributed by atoms with E-state index in [1.54, 1.807) is 0 Å². The zero-order chi connectivity index (χ0) is 19.6. The Balaban J connectivity index is 1.38. The lowest BCUT2D eigenvalue weighted by Gasteiger charge is -2.40. The van der Waals surface area contributed by atoms with Gasteiger partial charge in [0.05, 0.1) is 12.7 Å². The second-order valence-corrected chi connectivity index (χ2v) is 10.5. The number of rotatable bonds is 5. The molecule has 2 aliphatic rings. The summed E-state index contributed by atoms with van der Waals surface area (Å²) in [5.41, 5.74) is 1.20. The number of fused-ring (bicyclic) bond motifs is 1. The van der Waals surface area contributed by atoms with E-state index in [9.17, 15) is 8.42 Å². The first-order chi connectivity index (χ1) is 13.5. The van der Waals surface area contributed by atoms with Crippen molar-refractivity contribution in [2.75, 3.05) is 25.9 Å². The van der Waals surface area contributed by atoms with E-state index < -0.39 is 9.84 Å². The number of hydrogen-bond donors (Lipinski definition) is 2. The first-order valence-electron chi connectivity index (χ1n) is 10.2. The first-order valence-corrected chi connectivity index (χ1v) is 12.2. The highest BCUT2D eigenvalue weighted by atomic mass is 32.2. The predicted octanol–water partition coefficient (Wildman–Crippen LogP) is 2.70. The second-order valence-electron chi connectivity index (χ2n) is 8.25. The molecule has 152 valence electrons. The lowest BCUT2D eigenvalue weighted by molar-refractivity contribution is -0.0353. The summed E-state index contributed by atoms with van der Waals surface area (Å²) < 4.78 is 29.9. The highest BCUT2D eigenvalue weighted by molar-refractivity contribution is 7.91. The molecule has 0 saturated carbocycles. The molecule has 4 unspecified atom stereocenters. The third kappa shape index (κ3) is 4.57. The van der Waals surface area contributed by atoms with Gasteiger partial charge in [0.2, 0.25) is 0 Å². The van der Waals surface area contributed by atoms with Crippen molar-refractivity contribution < 1.29 is 13.2 Å². The average molecular weight is 403 g/mol. The van der Waals surface area contributed by atoms with Crippen LogP contribution in [0.2, 0.25) is 0 Å². The van der Waals surface area contributed by atoms with Gasteiger partial charge in [0.1, 0.15) is 5.37 Å². The summed E-state index contributed by atoms with van der Waals surface area (Å²) in [6.07, 6.45) is 4.22. The van der Waals surface area contributed by atoms with E-state index in [4.69, 9.17) is 4.74 Å². The Morgan fingerprint density at radius 3 is 2.61 bits per heavy atom. The van der Waals surface area contributed by atoms with Crippen LogP contribution in [-0.2, 0) is 21.2 Å². The van der Waals surface area contributed by atoms with Gasteiger partial charge in [-0.05, 0) is 66.6 Å². The molecule has 0 bridgehead atoms. The first kappa shape index (κ1) is 19.8. The van der Waals surface area contributed by atoms with E-state index in [0.29, 0.717) is 24.9 Å². The second kappa shape index (κ2) is 8.49. The summed E-state index contributed by atoms with van der Waals surface area (Å²) in [6, 6.07) is 14.9. The third-order valence-corrected chi connectivity index (χ3v) is 7.72. The molecule has 2 fully saturated rings. The monoisotopic (exact) mass is 402 g/mol. The quantitative estimate of drug-likeness (QED) is 0.805. The number of hydrogen-bond acceptors (Lipinski definition) is 5. The van der Waals surface area contributed by atoms with E-state index in [2.05, 4.69) is 53.1 Å². The Kier molecular flexibility index (Phi) is 6.01. The van der Waals surface area contributed by atoms with Gasteiger partial charge in [-0.1, -0.05) is 36.4 Å². The van der Waals surface area contributed by atoms with Crippen LogP contribution in [0.5, 0.6) is 0 Å². The molecule has 2 aromatic carbocycles. The van der Waals surface area contributed by atoms with Crippen molar-refractivity contribution >= 4 is 20.6 Å². The number of ether oxygens (including phenoxy) is 1. The van der Waals surface area contributed by atoms with Crippen molar-refractivity contribution in [1.29, 1.82) is 0 Å². The van der Waals surface area contributed by atoms with Crippen LogP contribution in [0, 0.1) is 11.8 Å². The Morgan fingerprint density at radius 2 is 1.86 bits per heavy atom. The van der Waals surface area contributed by atoms with Crippen molar-refractivity contribution in [2.24, 2.45) is 11.8 Å². The minimum Gasteiger partial charge on any atom is -0.372 e. The van der Waals surface area contributed by atoms with Gasteiger partial charge in [-0.2, -0.15) is 0 Å². The van der Waals surface area contributed by atoms with Crippen LogP contribution in [0.1, 0.15) is 24.8 Å². The lowest BCUT2D eigenvalue weighted by Crippen LogP contribution is -2.51. The molecule has 28 heavy (non-hydrogen) atoms. The van der Waals surface area contributed by atoms with Crippen LogP contribution in [-0.4, -0.2) is 45.8 Å². The molecule has 2 saturated heterocycles. The molecular formula is C22H30N2O3S. The normalized spacial score (nSPS) is 29.0. The predicted molar refractivity (Wildman–Crippen MR) is 113 cm³/mol. The highest BCUT2D eigenvalue weighted by Crippen LogP contribution is 2.31. The smallest absolute Gasteiger partial charge is 0.163 e. The van der Waals surface area contributed by atoms with Crippen LogP contribution in [0.3, 0.4) is 0 Å². The molecule has 2 heterocycles. The van der Waals surface area contributed by atoms with Crippen molar-refractivity contribution in [2.45, 2.75) is 37.3 Å². The van der Waals surface area contributed by atoms with E-state index >= 15 is 0 Å². The van der Waals surface area contributed by atoms with Crippen molar-refractivity contribution in [3.8, 4) is 0 Å². The fourth-order valence-corrected chi connectivity index (χ4v) is 5.65. The molecule has 0 aromatic heterocycles. The summed E-state index contributed by atoms with van der Waals surface area (Å²) in [5, 5.41) is 8.82.